The van der Waals surface area contributed by atoms with E-state index < -0.39 is 17.5 Å². The molecule has 0 spiro atoms. The highest BCUT2D eigenvalue weighted by atomic mass is 16.7. The molecular formula is C12H19NO5. The minimum atomic E-state index is -0.457. The lowest BCUT2D eigenvalue weighted by Crippen LogP contribution is -2.35. The van der Waals surface area contributed by atoms with Crippen LogP contribution in [-0.4, -0.2) is 31.7 Å². The van der Waals surface area contributed by atoms with Crippen LogP contribution in [0.1, 0.15) is 27.7 Å². The predicted octanol–water partition coefficient (Wildman–Crippen LogP) is 0.926. The minimum absolute atomic E-state index is 0.109. The third kappa shape index (κ3) is 2.94. The molecule has 1 heterocycles. The molecule has 0 saturated heterocycles. The standard InChI is InChI=1S/C12H19NO5/c1-7(14)16-6-9-12(3,4)10(13-5)11(18-9)17-8(2)15/h9,13H,6H2,1-5H3/t9-/m0/s1. The summed E-state index contributed by atoms with van der Waals surface area (Å²) in [6.07, 6.45) is -0.391. The first-order valence-electron chi connectivity index (χ1n) is 5.70. The molecule has 0 radical (unpaired) electrons. The molecule has 1 rings (SSSR count). The third-order valence-corrected chi connectivity index (χ3v) is 2.83. The van der Waals surface area contributed by atoms with E-state index in [0.717, 1.165) is 0 Å². The molecule has 0 amide bonds. The maximum Gasteiger partial charge on any atom is 0.310 e. The molecule has 0 fully saturated rings. The number of hydrogen-bond donors (Lipinski definition) is 1. The molecule has 0 aromatic rings. The lowest BCUT2D eigenvalue weighted by molar-refractivity contribution is -0.151. The fourth-order valence-corrected chi connectivity index (χ4v) is 1.82. The molecule has 6 nitrogen and oxygen atoms in total. The van der Waals surface area contributed by atoms with Gasteiger partial charge in [-0.2, -0.15) is 0 Å². The Hall–Kier alpha value is -1.72. The zero-order chi connectivity index (χ0) is 13.9. The Morgan fingerprint density at radius 3 is 2.39 bits per heavy atom. The Morgan fingerprint density at radius 1 is 1.33 bits per heavy atom. The van der Waals surface area contributed by atoms with Crippen molar-refractivity contribution in [2.24, 2.45) is 5.41 Å². The number of carbonyl (C=O) groups excluding carboxylic acids is 2. The van der Waals surface area contributed by atoms with E-state index >= 15 is 0 Å². The molecule has 1 atom stereocenters. The van der Waals surface area contributed by atoms with Crippen LogP contribution < -0.4 is 5.32 Å². The van der Waals surface area contributed by atoms with Gasteiger partial charge in [0.25, 0.3) is 0 Å². The largest absolute Gasteiger partial charge is 0.462 e. The Labute approximate surface area is 106 Å². The van der Waals surface area contributed by atoms with Gasteiger partial charge in [-0.3, -0.25) is 9.59 Å². The molecule has 0 bridgehead atoms. The van der Waals surface area contributed by atoms with Crippen molar-refractivity contribution >= 4 is 11.9 Å². The van der Waals surface area contributed by atoms with Crippen LogP contribution >= 0.6 is 0 Å². The van der Waals surface area contributed by atoms with E-state index in [4.69, 9.17) is 14.2 Å². The van der Waals surface area contributed by atoms with E-state index in [1.54, 1.807) is 7.05 Å². The van der Waals surface area contributed by atoms with Crippen LogP contribution in [0, 0.1) is 5.41 Å². The molecule has 0 aliphatic carbocycles. The van der Waals surface area contributed by atoms with Gasteiger partial charge in [0, 0.05) is 20.9 Å². The van der Waals surface area contributed by atoms with Crippen molar-refractivity contribution in [3.8, 4) is 0 Å². The zero-order valence-electron chi connectivity index (χ0n) is 11.3. The molecule has 1 N–H and O–H groups in total. The maximum absolute atomic E-state index is 11.0. The smallest absolute Gasteiger partial charge is 0.310 e. The van der Waals surface area contributed by atoms with Crippen molar-refractivity contribution < 1.29 is 23.8 Å². The number of esters is 2. The lowest BCUT2D eigenvalue weighted by Gasteiger charge is -2.26. The Morgan fingerprint density at radius 2 is 1.94 bits per heavy atom. The maximum atomic E-state index is 11.0. The summed E-state index contributed by atoms with van der Waals surface area (Å²) in [5.41, 5.74) is 0.240. The van der Waals surface area contributed by atoms with E-state index in [1.807, 2.05) is 13.8 Å². The summed E-state index contributed by atoms with van der Waals surface area (Å²) in [4.78, 5) is 21.8. The highest BCUT2D eigenvalue weighted by Gasteiger charge is 2.45. The van der Waals surface area contributed by atoms with Crippen LogP contribution in [0.15, 0.2) is 11.6 Å². The molecule has 0 aromatic carbocycles. The topological polar surface area (TPSA) is 73.9 Å². The number of hydrogen-bond acceptors (Lipinski definition) is 6. The van der Waals surface area contributed by atoms with Crippen LogP contribution in [-0.2, 0) is 23.8 Å². The summed E-state index contributed by atoms with van der Waals surface area (Å²) in [6, 6.07) is 0. The second kappa shape index (κ2) is 5.29. The summed E-state index contributed by atoms with van der Waals surface area (Å²) in [7, 11) is 1.72. The number of rotatable bonds is 4. The molecule has 18 heavy (non-hydrogen) atoms. The normalized spacial score (nSPS) is 21.3. The van der Waals surface area contributed by atoms with E-state index in [0.29, 0.717) is 5.70 Å². The van der Waals surface area contributed by atoms with Gasteiger partial charge in [-0.1, -0.05) is 13.8 Å². The zero-order valence-corrected chi connectivity index (χ0v) is 11.3. The first-order chi connectivity index (χ1) is 8.28. The molecule has 1 aliphatic rings. The van der Waals surface area contributed by atoms with Gasteiger partial charge in [0.1, 0.15) is 18.4 Å². The van der Waals surface area contributed by atoms with Gasteiger partial charge in [0.2, 0.25) is 0 Å². The van der Waals surface area contributed by atoms with Crippen LogP contribution in [0.5, 0.6) is 0 Å². The molecule has 1 aliphatic heterocycles. The van der Waals surface area contributed by atoms with Gasteiger partial charge in [0.05, 0.1) is 5.41 Å². The van der Waals surface area contributed by atoms with Crippen LogP contribution in [0.3, 0.4) is 0 Å². The van der Waals surface area contributed by atoms with Crippen LogP contribution in [0.2, 0.25) is 0 Å². The van der Waals surface area contributed by atoms with E-state index in [2.05, 4.69) is 5.32 Å². The number of ether oxygens (including phenoxy) is 3. The van der Waals surface area contributed by atoms with Gasteiger partial charge < -0.3 is 19.5 Å². The van der Waals surface area contributed by atoms with Crippen LogP contribution in [0.25, 0.3) is 0 Å². The quantitative estimate of drug-likeness (QED) is 0.755. The van der Waals surface area contributed by atoms with Gasteiger partial charge >= 0.3 is 17.9 Å². The van der Waals surface area contributed by atoms with Crippen molar-refractivity contribution in [3.05, 3.63) is 11.6 Å². The molecule has 6 heteroatoms. The highest BCUT2D eigenvalue weighted by Crippen LogP contribution is 2.40. The molecule has 0 saturated carbocycles. The average molecular weight is 257 g/mol. The summed E-state index contributed by atoms with van der Waals surface area (Å²) < 4.78 is 15.5. The third-order valence-electron chi connectivity index (χ3n) is 2.83. The number of carbonyl (C=O) groups is 2. The molecule has 0 unspecified atom stereocenters. The molecular weight excluding hydrogens is 238 g/mol. The fourth-order valence-electron chi connectivity index (χ4n) is 1.82. The van der Waals surface area contributed by atoms with Gasteiger partial charge in [0.15, 0.2) is 0 Å². The fraction of sp³-hybridized carbons (Fsp3) is 0.667. The van der Waals surface area contributed by atoms with Crippen molar-refractivity contribution in [3.63, 3.8) is 0 Å². The van der Waals surface area contributed by atoms with Crippen molar-refractivity contribution in [2.45, 2.75) is 33.8 Å². The first-order valence-corrected chi connectivity index (χ1v) is 5.70. The lowest BCUT2D eigenvalue weighted by atomic mass is 9.85. The SMILES string of the molecule is CNC1=C(OC(C)=O)O[C@@H](COC(C)=O)C1(C)C. The summed E-state index contributed by atoms with van der Waals surface area (Å²) >= 11 is 0. The Balaban J connectivity index is 2.85. The van der Waals surface area contributed by atoms with Crippen molar-refractivity contribution in [1.29, 1.82) is 0 Å². The predicted molar refractivity (Wildman–Crippen MR) is 63.1 cm³/mol. The second-order valence-corrected chi connectivity index (χ2v) is 4.64. The van der Waals surface area contributed by atoms with Gasteiger partial charge in [-0.15, -0.1) is 0 Å². The monoisotopic (exact) mass is 257 g/mol. The summed E-state index contributed by atoms with van der Waals surface area (Å²) in [6.45, 7) is 6.59. The van der Waals surface area contributed by atoms with Crippen molar-refractivity contribution in [2.75, 3.05) is 13.7 Å². The van der Waals surface area contributed by atoms with E-state index in [1.165, 1.54) is 13.8 Å². The molecule has 0 aromatic heterocycles. The summed E-state index contributed by atoms with van der Waals surface area (Å²) in [5.74, 6) is -0.685. The second-order valence-electron chi connectivity index (χ2n) is 4.64. The van der Waals surface area contributed by atoms with Gasteiger partial charge in [-0.25, -0.2) is 0 Å². The van der Waals surface area contributed by atoms with Gasteiger partial charge in [-0.05, 0) is 0 Å². The Kier molecular flexibility index (Phi) is 4.21. The Bertz CT molecular complexity index is 386. The van der Waals surface area contributed by atoms with Crippen molar-refractivity contribution in [1.82, 2.24) is 5.32 Å². The average Bonchev–Trinajstić information content (AvgIpc) is 2.45. The summed E-state index contributed by atoms with van der Waals surface area (Å²) in [5, 5.41) is 2.96. The number of nitrogens with one attached hydrogen (secondary N) is 1. The highest BCUT2D eigenvalue weighted by molar-refractivity contribution is 5.67. The van der Waals surface area contributed by atoms with E-state index in [9.17, 15) is 9.59 Å². The molecule has 102 valence electrons. The minimum Gasteiger partial charge on any atom is -0.462 e. The first kappa shape index (κ1) is 14.3. The van der Waals surface area contributed by atoms with E-state index in [-0.39, 0.29) is 18.5 Å². The van der Waals surface area contributed by atoms with Crippen LogP contribution in [0.4, 0.5) is 0 Å².